The third-order valence-corrected chi connectivity index (χ3v) is 5.61. The van der Waals surface area contributed by atoms with Gasteiger partial charge in [-0.25, -0.2) is 0 Å². The van der Waals surface area contributed by atoms with Gasteiger partial charge < -0.3 is 15.0 Å². The lowest BCUT2D eigenvalue weighted by Gasteiger charge is -2.40. The van der Waals surface area contributed by atoms with Crippen molar-refractivity contribution in [2.45, 2.75) is 38.3 Å². The lowest BCUT2D eigenvalue weighted by Crippen LogP contribution is -2.58. The Bertz CT molecular complexity index is 611. The average molecular weight is 374 g/mol. The second-order valence-electron chi connectivity index (χ2n) is 7.38. The van der Waals surface area contributed by atoms with Gasteiger partial charge in [-0.15, -0.1) is 0 Å². The van der Waals surface area contributed by atoms with Crippen molar-refractivity contribution >= 4 is 11.8 Å². The summed E-state index contributed by atoms with van der Waals surface area (Å²) in [6.45, 7) is 3.34. The number of hydrogen-bond acceptors (Lipinski definition) is 5. The van der Waals surface area contributed by atoms with E-state index in [1.165, 1.54) is 20.0 Å². The minimum atomic E-state index is -0.115. The van der Waals surface area contributed by atoms with Gasteiger partial charge in [-0.05, 0) is 30.9 Å². The second-order valence-corrected chi connectivity index (χ2v) is 7.38. The van der Waals surface area contributed by atoms with Gasteiger partial charge in [-0.2, -0.15) is 0 Å². The first-order valence-electron chi connectivity index (χ1n) is 9.87. The molecule has 1 aromatic heterocycles. The number of carbonyl (C=O) groups excluding carboxylic acids is 2. The van der Waals surface area contributed by atoms with Crippen LogP contribution in [0, 0.1) is 5.92 Å². The molecule has 2 fully saturated rings. The number of nitrogens with zero attached hydrogens (tertiary/aromatic N) is 3. The van der Waals surface area contributed by atoms with Gasteiger partial charge in [-0.3, -0.25) is 19.5 Å². The highest BCUT2D eigenvalue weighted by molar-refractivity contribution is 5.82. The number of piperazine rings is 1. The van der Waals surface area contributed by atoms with Gasteiger partial charge in [0.2, 0.25) is 11.8 Å². The molecule has 7 nitrogen and oxygen atoms in total. The highest BCUT2D eigenvalue weighted by Crippen LogP contribution is 2.31. The van der Waals surface area contributed by atoms with E-state index >= 15 is 0 Å². The zero-order valence-electron chi connectivity index (χ0n) is 16.1. The SMILES string of the molecule is COCC(=O)N1CCN(C(C(=O)NCc2ccccn2)C2CCCC2)CC1. The normalized spacial score (nSPS) is 19.8. The summed E-state index contributed by atoms with van der Waals surface area (Å²) < 4.78 is 4.95. The van der Waals surface area contributed by atoms with Crippen LogP contribution in [0.25, 0.3) is 0 Å². The summed E-state index contributed by atoms with van der Waals surface area (Å²) >= 11 is 0. The zero-order valence-corrected chi connectivity index (χ0v) is 16.1. The predicted molar refractivity (Wildman–Crippen MR) is 102 cm³/mol. The molecule has 1 atom stereocenters. The van der Waals surface area contributed by atoms with E-state index in [2.05, 4.69) is 15.2 Å². The summed E-state index contributed by atoms with van der Waals surface area (Å²) in [7, 11) is 1.54. The molecular weight excluding hydrogens is 344 g/mol. The molecule has 1 saturated carbocycles. The lowest BCUT2D eigenvalue weighted by atomic mass is 9.95. The van der Waals surface area contributed by atoms with Gasteiger partial charge in [0.25, 0.3) is 0 Å². The summed E-state index contributed by atoms with van der Waals surface area (Å²) in [5.41, 5.74) is 0.867. The number of methoxy groups -OCH3 is 1. The van der Waals surface area contributed by atoms with Crippen molar-refractivity contribution in [3.8, 4) is 0 Å². The highest BCUT2D eigenvalue weighted by Gasteiger charge is 2.37. The van der Waals surface area contributed by atoms with Crippen LogP contribution in [0.3, 0.4) is 0 Å². The van der Waals surface area contributed by atoms with Gasteiger partial charge in [0.15, 0.2) is 0 Å². The molecular formula is C20H30N4O3. The molecule has 2 aliphatic rings. The minimum Gasteiger partial charge on any atom is -0.375 e. The van der Waals surface area contributed by atoms with Crippen LogP contribution in [0.15, 0.2) is 24.4 Å². The third-order valence-electron chi connectivity index (χ3n) is 5.61. The van der Waals surface area contributed by atoms with Gasteiger partial charge in [0.1, 0.15) is 6.61 Å². The first kappa shape index (κ1) is 19.8. The molecule has 1 aliphatic heterocycles. The van der Waals surface area contributed by atoms with E-state index in [0.717, 1.165) is 31.6 Å². The lowest BCUT2D eigenvalue weighted by molar-refractivity contribution is -0.138. The van der Waals surface area contributed by atoms with Gasteiger partial charge in [-0.1, -0.05) is 18.9 Å². The van der Waals surface area contributed by atoms with E-state index in [1.807, 2.05) is 23.1 Å². The number of aromatic nitrogens is 1. The van der Waals surface area contributed by atoms with E-state index in [1.54, 1.807) is 6.20 Å². The maximum absolute atomic E-state index is 13.0. The largest absolute Gasteiger partial charge is 0.375 e. The molecule has 3 rings (SSSR count). The van der Waals surface area contributed by atoms with Gasteiger partial charge in [0.05, 0.1) is 18.3 Å². The summed E-state index contributed by atoms with van der Waals surface area (Å²) in [4.78, 5) is 33.4. The maximum atomic E-state index is 13.0. The molecule has 1 unspecified atom stereocenters. The van der Waals surface area contributed by atoms with E-state index in [9.17, 15) is 9.59 Å². The van der Waals surface area contributed by atoms with Crippen LogP contribution in [0.5, 0.6) is 0 Å². The van der Waals surface area contributed by atoms with Crippen molar-refractivity contribution in [1.29, 1.82) is 0 Å². The van der Waals surface area contributed by atoms with Crippen LogP contribution >= 0.6 is 0 Å². The summed E-state index contributed by atoms with van der Waals surface area (Å²) in [5, 5.41) is 3.08. The van der Waals surface area contributed by atoms with Gasteiger partial charge in [0, 0.05) is 39.5 Å². The number of pyridine rings is 1. The molecule has 7 heteroatoms. The van der Waals surface area contributed by atoms with E-state index in [4.69, 9.17) is 4.74 Å². The Hall–Kier alpha value is -1.99. The van der Waals surface area contributed by atoms with Crippen LogP contribution < -0.4 is 5.32 Å². The Kier molecular flexibility index (Phi) is 7.18. The van der Waals surface area contributed by atoms with Crippen LogP contribution in [-0.4, -0.2) is 72.5 Å². The van der Waals surface area contributed by atoms with Crippen LogP contribution in [0.4, 0.5) is 0 Å². The molecule has 0 bridgehead atoms. The van der Waals surface area contributed by atoms with Crippen LogP contribution in [0.1, 0.15) is 31.4 Å². The van der Waals surface area contributed by atoms with Crippen molar-refractivity contribution < 1.29 is 14.3 Å². The van der Waals surface area contributed by atoms with Gasteiger partial charge >= 0.3 is 0 Å². The fourth-order valence-corrected chi connectivity index (χ4v) is 4.20. The quantitative estimate of drug-likeness (QED) is 0.772. The standard InChI is InChI=1S/C20H30N4O3/c1-27-15-18(25)23-10-12-24(13-11-23)19(16-6-2-3-7-16)20(26)22-14-17-8-4-5-9-21-17/h4-5,8-9,16,19H,2-3,6-7,10-15H2,1H3,(H,22,26). The molecule has 148 valence electrons. The van der Waals surface area contributed by atoms with Crippen molar-refractivity contribution in [2.24, 2.45) is 5.92 Å². The fraction of sp³-hybridized carbons (Fsp3) is 0.650. The number of carbonyl (C=O) groups is 2. The molecule has 1 saturated heterocycles. The Labute approximate surface area is 161 Å². The Morgan fingerprint density at radius 3 is 2.59 bits per heavy atom. The second kappa shape index (κ2) is 9.80. The first-order chi connectivity index (χ1) is 13.2. The topological polar surface area (TPSA) is 74.8 Å². The number of nitrogens with one attached hydrogen (secondary N) is 1. The Balaban J connectivity index is 1.60. The number of hydrogen-bond donors (Lipinski definition) is 1. The zero-order chi connectivity index (χ0) is 19.1. The van der Waals surface area contributed by atoms with Crippen molar-refractivity contribution in [2.75, 3.05) is 39.9 Å². The molecule has 27 heavy (non-hydrogen) atoms. The summed E-state index contributed by atoms with van der Waals surface area (Å²) in [6, 6.07) is 5.61. The summed E-state index contributed by atoms with van der Waals surface area (Å²) in [5.74, 6) is 0.508. The molecule has 1 aliphatic carbocycles. The molecule has 0 spiro atoms. The molecule has 0 radical (unpaired) electrons. The summed E-state index contributed by atoms with van der Waals surface area (Å²) in [6.07, 6.45) is 6.34. The Morgan fingerprint density at radius 1 is 1.22 bits per heavy atom. The number of rotatable bonds is 7. The maximum Gasteiger partial charge on any atom is 0.248 e. The minimum absolute atomic E-state index is 0.0224. The molecule has 1 aromatic rings. The molecule has 2 heterocycles. The molecule has 1 N–H and O–H groups in total. The van der Waals surface area contributed by atoms with E-state index in [-0.39, 0.29) is 24.5 Å². The fourth-order valence-electron chi connectivity index (χ4n) is 4.20. The number of ether oxygens (including phenoxy) is 1. The average Bonchev–Trinajstić information content (AvgIpc) is 3.22. The Morgan fingerprint density at radius 2 is 1.96 bits per heavy atom. The molecule has 2 amide bonds. The monoisotopic (exact) mass is 374 g/mol. The van der Waals surface area contributed by atoms with E-state index < -0.39 is 0 Å². The molecule has 0 aromatic carbocycles. The smallest absolute Gasteiger partial charge is 0.248 e. The van der Waals surface area contributed by atoms with Crippen molar-refractivity contribution in [1.82, 2.24) is 20.1 Å². The van der Waals surface area contributed by atoms with Crippen LogP contribution in [0.2, 0.25) is 0 Å². The van der Waals surface area contributed by atoms with E-state index in [0.29, 0.717) is 25.6 Å². The third kappa shape index (κ3) is 5.26. The highest BCUT2D eigenvalue weighted by atomic mass is 16.5. The number of amides is 2. The predicted octanol–water partition coefficient (Wildman–Crippen LogP) is 1.05. The van der Waals surface area contributed by atoms with Crippen molar-refractivity contribution in [3.63, 3.8) is 0 Å². The van der Waals surface area contributed by atoms with Crippen LogP contribution in [-0.2, 0) is 20.9 Å². The van der Waals surface area contributed by atoms with Crippen molar-refractivity contribution in [3.05, 3.63) is 30.1 Å². The first-order valence-corrected chi connectivity index (χ1v) is 9.87.